The Bertz CT molecular complexity index is 1190. The van der Waals surface area contributed by atoms with E-state index >= 15 is 0 Å². The molecule has 4 aromatic rings. The lowest BCUT2D eigenvalue weighted by molar-refractivity contribution is 0.0934. The van der Waals surface area contributed by atoms with Crippen LogP contribution in [0.1, 0.15) is 35.1 Å². The molecule has 1 aromatic carbocycles. The molecule has 1 aliphatic heterocycles. The third kappa shape index (κ3) is 3.43. The molecule has 3 aromatic heterocycles. The Morgan fingerprint density at radius 2 is 2.10 bits per heavy atom. The first kappa shape index (κ1) is 18.6. The van der Waals surface area contributed by atoms with Crippen LogP contribution in [0.3, 0.4) is 0 Å². The van der Waals surface area contributed by atoms with Crippen LogP contribution in [0.5, 0.6) is 0 Å². The molecular formula is C21H22N5OPS. The van der Waals surface area contributed by atoms with Gasteiger partial charge in [-0.1, -0.05) is 36.5 Å². The lowest BCUT2D eigenvalue weighted by Crippen LogP contribution is -2.36. The quantitative estimate of drug-likeness (QED) is 0.500. The van der Waals surface area contributed by atoms with Crippen molar-refractivity contribution in [2.45, 2.75) is 32.2 Å². The highest BCUT2D eigenvalue weighted by Gasteiger charge is 2.21. The van der Waals surface area contributed by atoms with Gasteiger partial charge in [0.25, 0.3) is 5.91 Å². The first-order chi connectivity index (χ1) is 14.2. The number of rotatable bonds is 4. The van der Waals surface area contributed by atoms with Crippen LogP contribution in [0.2, 0.25) is 0 Å². The van der Waals surface area contributed by atoms with Gasteiger partial charge in [-0.2, -0.15) is 0 Å². The average molecular weight is 423 g/mol. The normalized spacial score (nSPS) is 17.9. The fourth-order valence-electron chi connectivity index (χ4n) is 3.94. The fraction of sp³-hybridized carbons (Fsp3) is 0.333. The highest BCUT2D eigenvalue weighted by molar-refractivity contribution is 7.38. The van der Waals surface area contributed by atoms with E-state index in [1.54, 1.807) is 6.33 Å². The summed E-state index contributed by atoms with van der Waals surface area (Å²) in [7, 11) is 1.03. The van der Waals surface area contributed by atoms with Crippen LogP contribution in [-0.2, 0) is 6.42 Å². The number of fused-ring (bicyclic) bond motifs is 2. The van der Waals surface area contributed by atoms with Crippen molar-refractivity contribution in [3.63, 3.8) is 0 Å². The Morgan fingerprint density at radius 3 is 2.93 bits per heavy atom. The predicted molar refractivity (Wildman–Crippen MR) is 120 cm³/mol. The summed E-state index contributed by atoms with van der Waals surface area (Å²) in [6, 6.07) is 8.57. The van der Waals surface area contributed by atoms with E-state index in [4.69, 9.17) is 0 Å². The molecule has 0 aliphatic carbocycles. The highest BCUT2D eigenvalue weighted by Crippen LogP contribution is 2.30. The molecule has 0 saturated carbocycles. The molecule has 148 valence electrons. The van der Waals surface area contributed by atoms with Crippen molar-refractivity contribution >= 4 is 47.1 Å². The third-order valence-electron chi connectivity index (χ3n) is 5.45. The predicted octanol–water partition coefficient (Wildman–Crippen LogP) is 4.16. The van der Waals surface area contributed by atoms with Gasteiger partial charge in [0.05, 0.1) is 5.52 Å². The zero-order valence-corrected chi connectivity index (χ0v) is 18.0. The number of hydrogen-bond donors (Lipinski definition) is 1. The molecule has 5 rings (SSSR count). The molecule has 1 fully saturated rings. The summed E-state index contributed by atoms with van der Waals surface area (Å²) >= 11 is 1.33. The van der Waals surface area contributed by atoms with Crippen molar-refractivity contribution in [1.82, 2.24) is 24.8 Å². The highest BCUT2D eigenvalue weighted by atomic mass is 32.1. The van der Waals surface area contributed by atoms with E-state index in [0.29, 0.717) is 10.5 Å². The largest absolute Gasteiger partial charge is 0.347 e. The number of carbonyl (C=O) groups is 1. The van der Waals surface area contributed by atoms with Crippen molar-refractivity contribution in [3.8, 4) is 5.82 Å². The standard InChI is InChI=1S/C21H22N5OPS/c1-2-13-11-26(16-6-4-3-5-15(13)16)18-17-20(23-12-22-18)29-21(25-17)19(27)24-14-7-9-28-10-8-14/h3-6,11-12,14,28H,2,7-10H2,1H3,(H,24,27). The van der Waals surface area contributed by atoms with Crippen LogP contribution in [0.4, 0.5) is 0 Å². The fourth-order valence-corrected chi connectivity index (χ4v) is 6.10. The van der Waals surface area contributed by atoms with E-state index in [9.17, 15) is 4.79 Å². The van der Waals surface area contributed by atoms with Gasteiger partial charge >= 0.3 is 0 Å². The summed E-state index contributed by atoms with van der Waals surface area (Å²) in [5.41, 5.74) is 3.03. The minimum absolute atomic E-state index is 0.0965. The second-order valence-corrected chi connectivity index (χ2v) is 9.74. The molecule has 0 unspecified atom stereocenters. The van der Waals surface area contributed by atoms with E-state index in [1.165, 1.54) is 34.6 Å². The van der Waals surface area contributed by atoms with Crippen LogP contribution >= 0.6 is 19.9 Å². The zero-order valence-electron chi connectivity index (χ0n) is 16.2. The van der Waals surface area contributed by atoms with Gasteiger partial charge in [-0.25, -0.2) is 15.0 Å². The maximum absolute atomic E-state index is 12.8. The topological polar surface area (TPSA) is 72.7 Å². The minimum atomic E-state index is -0.0965. The van der Waals surface area contributed by atoms with Crippen LogP contribution in [0.25, 0.3) is 27.1 Å². The van der Waals surface area contributed by atoms with Crippen LogP contribution in [-0.4, -0.2) is 43.8 Å². The number of thiazole rings is 1. The number of aromatic nitrogens is 4. The molecule has 0 bridgehead atoms. The second-order valence-electron chi connectivity index (χ2n) is 7.26. The van der Waals surface area contributed by atoms with Gasteiger partial charge in [0.2, 0.25) is 0 Å². The number of nitrogens with zero attached hydrogens (tertiary/aromatic N) is 4. The molecule has 0 spiro atoms. The smallest absolute Gasteiger partial charge is 0.280 e. The summed E-state index contributed by atoms with van der Waals surface area (Å²) in [6.45, 7) is 2.15. The Labute approximate surface area is 174 Å². The molecule has 4 heterocycles. The van der Waals surface area contributed by atoms with Gasteiger partial charge in [0.1, 0.15) is 16.7 Å². The number of benzene rings is 1. The Hall–Kier alpha value is -2.37. The number of aryl methyl sites for hydroxylation is 1. The van der Waals surface area contributed by atoms with Gasteiger partial charge < -0.3 is 5.32 Å². The second kappa shape index (κ2) is 7.81. The SMILES string of the molecule is CCc1cn(-c2ncnc3sc(C(=O)NC4CCPCC4)nc23)c2ccccc12. The summed E-state index contributed by atoms with van der Waals surface area (Å²) < 4.78 is 2.07. The third-order valence-corrected chi connectivity index (χ3v) is 7.69. The van der Waals surface area contributed by atoms with Gasteiger partial charge in [-0.3, -0.25) is 9.36 Å². The first-order valence-electron chi connectivity index (χ1n) is 9.97. The molecule has 6 nitrogen and oxygen atoms in total. The summed E-state index contributed by atoms with van der Waals surface area (Å²) in [5, 5.41) is 4.83. The Morgan fingerprint density at radius 1 is 1.28 bits per heavy atom. The van der Waals surface area contributed by atoms with Gasteiger partial charge in [-0.15, -0.1) is 8.58 Å². The molecule has 0 radical (unpaired) electrons. The monoisotopic (exact) mass is 423 g/mol. The number of hydrogen-bond acceptors (Lipinski definition) is 5. The molecule has 8 heteroatoms. The van der Waals surface area contributed by atoms with E-state index in [0.717, 1.165) is 44.0 Å². The van der Waals surface area contributed by atoms with Gasteiger partial charge in [0, 0.05) is 17.6 Å². The van der Waals surface area contributed by atoms with Crippen molar-refractivity contribution < 1.29 is 4.79 Å². The van der Waals surface area contributed by atoms with E-state index in [-0.39, 0.29) is 11.9 Å². The van der Waals surface area contributed by atoms with Crippen molar-refractivity contribution in [1.29, 1.82) is 0 Å². The Kier molecular flexibility index (Phi) is 5.02. The Balaban J connectivity index is 1.55. The van der Waals surface area contributed by atoms with Crippen LogP contribution < -0.4 is 5.32 Å². The maximum atomic E-state index is 12.8. The average Bonchev–Trinajstić information content (AvgIpc) is 3.36. The summed E-state index contributed by atoms with van der Waals surface area (Å²) in [5.74, 6) is 0.626. The zero-order chi connectivity index (χ0) is 19.8. The number of carbonyl (C=O) groups excluding carboxylic acids is 1. The van der Waals surface area contributed by atoms with Gasteiger partial charge in [-0.05, 0) is 43.2 Å². The number of nitrogens with one attached hydrogen (secondary N) is 1. The minimum Gasteiger partial charge on any atom is -0.347 e. The molecule has 1 amide bonds. The molecule has 1 saturated heterocycles. The first-order valence-corrected chi connectivity index (χ1v) is 12.2. The number of amides is 1. The van der Waals surface area contributed by atoms with Crippen molar-refractivity contribution in [2.75, 3.05) is 12.3 Å². The lowest BCUT2D eigenvalue weighted by atomic mass is 10.1. The number of para-hydroxylation sites is 1. The molecule has 1 N–H and O–H groups in total. The summed E-state index contributed by atoms with van der Waals surface area (Å²) in [6.07, 6.45) is 9.16. The maximum Gasteiger partial charge on any atom is 0.280 e. The van der Waals surface area contributed by atoms with Crippen LogP contribution in [0, 0.1) is 0 Å². The van der Waals surface area contributed by atoms with E-state index in [1.807, 2.05) is 6.07 Å². The lowest BCUT2D eigenvalue weighted by Gasteiger charge is -2.22. The van der Waals surface area contributed by atoms with Crippen molar-refractivity contribution in [3.05, 3.63) is 47.4 Å². The van der Waals surface area contributed by atoms with E-state index in [2.05, 4.69) is 56.2 Å². The van der Waals surface area contributed by atoms with Crippen LogP contribution in [0.15, 0.2) is 36.8 Å². The van der Waals surface area contributed by atoms with Gasteiger partial charge in [0.15, 0.2) is 10.8 Å². The van der Waals surface area contributed by atoms with Crippen molar-refractivity contribution in [2.24, 2.45) is 0 Å². The molecule has 0 atom stereocenters. The summed E-state index contributed by atoms with van der Waals surface area (Å²) in [4.78, 5) is 27.1. The molecule has 29 heavy (non-hydrogen) atoms. The molecular weight excluding hydrogens is 401 g/mol. The molecule has 1 aliphatic rings. The van der Waals surface area contributed by atoms with E-state index < -0.39 is 0 Å².